The third kappa shape index (κ3) is 3.42. The van der Waals surface area contributed by atoms with Crippen LogP contribution in [-0.4, -0.2) is 29.1 Å². The van der Waals surface area contributed by atoms with Gasteiger partial charge in [-0.05, 0) is 44.1 Å². The molecule has 5 heteroatoms. The maximum Gasteiger partial charge on any atom is 0.372 e. The number of rotatable bonds is 7. The molecule has 0 unspecified atom stereocenters. The van der Waals surface area contributed by atoms with Crippen molar-refractivity contribution in [3.8, 4) is 0 Å². The minimum absolute atomic E-state index is 0.0900. The summed E-state index contributed by atoms with van der Waals surface area (Å²) in [6.07, 6.45) is 1.96. The minimum atomic E-state index is -1.12. The van der Waals surface area contributed by atoms with Crippen LogP contribution in [0, 0.1) is 5.82 Å². The molecular weight excluding hydrogens is 273 g/mol. The van der Waals surface area contributed by atoms with Crippen LogP contribution in [0.15, 0.2) is 22.6 Å². The van der Waals surface area contributed by atoms with E-state index in [1.807, 2.05) is 0 Å². The van der Waals surface area contributed by atoms with Crippen LogP contribution in [0.2, 0.25) is 0 Å². The van der Waals surface area contributed by atoms with Gasteiger partial charge in [-0.3, -0.25) is 4.90 Å². The molecule has 0 amide bonds. The molecule has 4 nitrogen and oxygen atoms in total. The smallest absolute Gasteiger partial charge is 0.372 e. The predicted octanol–water partition coefficient (Wildman–Crippen LogP) is 3.89. The molecule has 0 radical (unpaired) electrons. The Hall–Kier alpha value is -1.88. The summed E-state index contributed by atoms with van der Waals surface area (Å²) in [4.78, 5) is 13.5. The van der Waals surface area contributed by atoms with Crippen molar-refractivity contribution in [2.24, 2.45) is 0 Å². The Morgan fingerprint density at radius 1 is 1.29 bits per heavy atom. The summed E-state index contributed by atoms with van der Waals surface area (Å²) in [5, 5.41) is 9.85. The summed E-state index contributed by atoms with van der Waals surface area (Å²) in [5.74, 6) is -1.60. The Bertz CT molecular complexity index is 630. The lowest BCUT2D eigenvalue weighted by Crippen LogP contribution is -2.25. The first-order valence-corrected chi connectivity index (χ1v) is 7.23. The summed E-state index contributed by atoms with van der Waals surface area (Å²) in [6.45, 7) is 6.35. The number of furan rings is 1. The molecule has 2 aromatic rings. The zero-order valence-electron chi connectivity index (χ0n) is 12.4. The second-order valence-corrected chi connectivity index (χ2v) is 5.13. The Balaban J connectivity index is 2.45. The largest absolute Gasteiger partial charge is 0.475 e. The fourth-order valence-corrected chi connectivity index (χ4v) is 2.58. The maximum absolute atomic E-state index is 13.5. The van der Waals surface area contributed by atoms with Crippen molar-refractivity contribution in [3.05, 3.63) is 35.3 Å². The molecule has 0 saturated heterocycles. The van der Waals surface area contributed by atoms with Crippen LogP contribution in [0.5, 0.6) is 0 Å². The average molecular weight is 293 g/mol. The molecule has 0 aliphatic carbocycles. The lowest BCUT2D eigenvalue weighted by atomic mass is 10.1. The van der Waals surface area contributed by atoms with Gasteiger partial charge in [-0.25, -0.2) is 9.18 Å². The molecule has 0 aliphatic rings. The molecule has 114 valence electrons. The Morgan fingerprint density at radius 3 is 2.52 bits per heavy atom. The standard InChI is InChI=1S/C16H20FNO3/c1-3-7-18(8-4-2)10-13-12-9-11(17)5-6-14(12)21-15(13)16(19)20/h5-6,9H,3-4,7-8,10H2,1-2H3,(H,19,20). The summed E-state index contributed by atoms with van der Waals surface area (Å²) in [5.41, 5.74) is 0.968. The molecule has 1 aromatic carbocycles. The second-order valence-electron chi connectivity index (χ2n) is 5.13. The SMILES string of the molecule is CCCN(CCC)Cc1c(C(=O)O)oc2ccc(F)cc12. The molecule has 1 aromatic heterocycles. The highest BCUT2D eigenvalue weighted by molar-refractivity contribution is 5.95. The van der Waals surface area contributed by atoms with Gasteiger partial charge in [-0.2, -0.15) is 0 Å². The molecule has 0 atom stereocenters. The van der Waals surface area contributed by atoms with E-state index >= 15 is 0 Å². The number of carbonyl (C=O) groups is 1. The van der Waals surface area contributed by atoms with Crippen LogP contribution in [0.25, 0.3) is 11.0 Å². The monoisotopic (exact) mass is 293 g/mol. The van der Waals surface area contributed by atoms with Crippen molar-refractivity contribution >= 4 is 16.9 Å². The van der Waals surface area contributed by atoms with Crippen LogP contribution in [0.4, 0.5) is 4.39 Å². The van der Waals surface area contributed by atoms with Gasteiger partial charge < -0.3 is 9.52 Å². The van der Waals surface area contributed by atoms with E-state index in [1.165, 1.54) is 18.2 Å². The normalized spacial score (nSPS) is 11.4. The number of halogens is 1. The van der Waals surface area contributed by atoms with Crippen molar-refractivity contribution in [1.82, 2.24) is 4.90 Å². The average Bonchev–Trinajstić information content (AvgIpc) is 2.78. The molecule has 2 rings (SSSR count). The lowest BCUT2D eigenvalue weighted by Gasteiger charge is -2.20. The second kappa shape index (κ2) is 6.72. The van der Waals surface area contributed by atoms with Gasteiger partial charge in [-0.1, -0.05) is 13.8 Å². The number of hydrogen-bond acceptors (Lipinski definition) is 3. The minimum Gasteiger partial charge on any atom is -0.475 e. The first-order chi connectivity index (χ1) is 10.1. The van der Waals surface area contributed by atoms with E-state index in [9.17, 15) is 14.3 Å². The van der Waals surface area contributed by atoms with Crippen molar-refractivity contribution in [2.45, 2.75) is 33.2 Å². The highest BCUT2D eigenvalue weighted by Crippen LogP contribution is 2.28. The highest BCUT2D eigenvalue weighted by atomic mass is 19.1. The Labute approximate surface area is 123 Å². The van der Waals surface area contributed by atoms with Gasteiger partial charge >= 0.3 is 5.97 Å². The van der Waals surface area contributed by atoms with E-state index in [-0.39, 0.29) is 11.6 Å². The van der Waals surface area contributed by atoms with Gasteiger partial charge in [-0.15, -0.1) is 0 Å². The summed E-state index contributed by atoms with van der Waals surface area (Å²) >= 11 is 0. The third-order valence-electron chi connectivity index (χ3n) is 3.41. The number of fused-ring (bicyclic) bond motifs is 1. The van der Waals surface area contributed by atoms with E-state index in [0.29, 0.717) is 23.1 Å². The summed E-state index contributed by atoms with van der Waals surface area (Å²) < 4.78 is 18.8. The number of nitrogens with zero attached hydrogens (tertiary/aromatic N) is 1. The lowest BCUT2D eigenvalue weighted by molar-refractivity contribution is 0.0661. The molecule has 0 fully saturated rings. The van der Waals surface area contributed by atoms with Gasteiger partial charge in [0.2, 0.25) is 5.76 Å². The molecule has 0 bridgehead atoms. The van der Waals surface area contributed by atoms with Gasteiger partial charge in [0.05, 0.1) is 0 Å². The molecule has 1 heterocycles. The number of carboxylic acid groups (broad SMARTS) is 1. The molecular formula is C16H20FNO3. The van der Waals surface area contributed by atoms with E-state index in [1.54, 1.807) is 0 Å². The van der Waals surface area contributed by atoms with Crippen molar-refractivity contribution < 1.29 is 18.7 Å². The van der Waals surface area contributed by atoms with E-state index < -0.39 is 5.97 Å². The van der Waals surface area contributed by atoms with Crippen LogP contribution in [-0.2, 0) is 6.54 Å². The van der Waals surface area contributed by atoms with E-state index in [0.717, 1.165) is 25.9 Å². The Morgan fingerprint density at radius 2 is 1.95 bits per heavy atom. The molecule has 0 aliphatic heterocycles. The maximum atomic E-state index is 13.5. The molecule has 1 N–H and O–H groups in total. The highest BCUT2D eigenvalue weighted by Gasteiger charge is 2.22. The first kappa shape index (κ1) is 15.5. The fourth-order valence-electron chi connectivity index (χ4n) is 2.58. The zero-order chi connectivity index (χ0) is 15.4. The van der Waals surface area contributed by atoms with Gasteiger partial charge in [0.15, 0.2) is 0 Å². The van der Waals surface area contributed by atoms with Crippen molar-refractivity contribution in [2.75, 3.05) is 13.1 Å². The number of benzene rings is 1. The summed E-state index contributed by atoms with van der Waals surface area (Å²) in [6, 6.07) is 4.10. The fraction of sp³-hybridized carbons (Fsp3) is 0.438. The van der Waals surface area contributed by atoms with Crippen LogP contribution in [0.3, 0.4) is 0 Å². The first-order valence-electron chi connectivity index (χ1n) is 7.23. The van der Waals surface area contributed by atoms with Crippen LogP contribution < -0.4 is 0 Å². The van der Waals surface area contributed by atoms with Crippen molar-refractivity contribution in [1.29, 1.82) is 0 Å². The molecule has 0 saturated carbocycles. The topological polar surface area (TPSA) is 53.7 Å². The Kier molecular flexibility index (Phi) is 4.96. The van der Waals surface area contributed by atoms with E-state index in [2.05, 4.69) is 18.7 Å². The van der Waals surface area contributed by atoms with Crippen LogP contribution in [0.1, 0.15) is 42.8 Å². The van der Waals surface area contributed by atoms with Gasteiger partial charge in [0.25, 0.3) is 0 Å². The van der Waals surface area contributed by atoms with Gasteiger partial charge in [0.1, 0.15) is 11.4 Å². The quantitative estimate of drug-likeness (QED) is 0.841. The van der Waals surface area contributed by atoms with E-state index in [4.69, 9.17) is 4.42 Å². The molecule has 0 spiro atoms. The van der Waals surface area contributed by atoms with Crippen molar-refractivity contribution in [3.63, 3.8) is 0 Å². The zero-order valence-corrected chi connectivity index (χ0v) is 12.4. The number of carboxylic acids is 1. The predicted molar refractivity (Wildman–Crippen MR) is 79.0 cm³/mol. The number of hydrogen-bond donors (Lipinski definition) is 1. The van der Waals surface area contributed by atoms with Gasteiger partial charge in [0, 0.05) is 17.5 Å². The third-order valence-corrected chi connectivity index (χ3v) is 3.41. The summed E-state index contributed by atoms with van der Waals surface area (Å²) in [7, 11) is 0. The van der Waals surface area contributed by atoms with Crippen LogP contribution >= 0.6 is 0 Å². The molecule has 21 heavy (non-hydrogen) atoms. The number of aromatic carboxylic acids is 1.